The summed E-state index contributed by atoms with van der Waals surface area (Å²) in [5.74, 6) is -5.59. The molecule has 0 bridgehead atoms. The molecule has 3 atom stereocenters. The summed E-state index contributed by atoms with van der Waals surface area (Å²) in [5.41, 5.74) is 15.8. The molecule has 0 aromatic rings. The predicted octanol–water partition coefficient (Wildman–Crippen LogP) is -5.00. The van der Waals surface area contributed by atoms with Gasteiger partial charge in [-0.3, -0.25) is 29.0 Å². The quantitative estimate of drug-likeness (QED) is 0.0710. The van der Waals surface area contributed by atoms with E-state index < -0.39 is 67.4 Å². The number of aliphatic carboxylic acids is 2. The highest BCUT2D eigenvalue weighted by Crippen LogP contribution is 2.01. The van der Waals surface area contributed by atoms with Crippen molar-refractivity contribution in [3.05, 3.63) is 0 Å². The largest absolute Gasteiger partial charge is 0.481 e. The van der Waals surface area contributed by atoms with Crippen molar-refractivity contribution in [3.8, 4) is 0 Å². The summed E-state index contributed by atoms with van der Waals surface area (Å²) >= 11 is 0. The number of amides is 3. The fourth-order valence-electron chi connectivity index (χ4n) is 2.08. The van der Waals surface area contributed by atoms with Crippen LogP contribution in [0.5, 0.6) is 0 Å². The summed E-state index contributed by atoms with van der Waals surface area (Å²) in [4.78, 5) is 61.3. The van der Waals surface area contributed by atoms with Crippen LogP contribution in [0.2, 0.25) is 0 Å². The van der Waals surface area contributed by atoms with E-state index in [4.69, 9.17) is 27.4 Å². The molecule has 0 aliphatic heterocycles. The molecule has 0 aromatic carbocycles. The van der Waals surface area contributed by atoms with E-state index in [1.807, 2.05) is 0 Å². The summed E-state index contributed by atoms with van der Waals surface area (Å²) in [6.45, 7) is -1.43. The monoisotopic (exact) mass is 433 g/mol. The normalized spacial score (nSPS) is 13.3. The van der Waals surface area contributed by atoms with Crippen LogP contribution in [-0.4, -0.2) is 88.8 Å². The SMILES string of the molecule is NC(N)=NCCCC(NC(=O)C(CO)NC(=O)C(N)CC(=O)O)C(=O)NCC(=O)O. The van der Waals surface area contributed by atoms with Crippen molar-refractivity contribution in [2.24, 2.45) is 22.2 Å². The Hall–Kier alpha value is -3.46. The number of hydrogen-bond acceptors (Lipinski definition) is 8. The number of aliphatic hydroxyl groups is 1. The first-order valence-electron chi connectivity index (χ1n) is 8.71. The third-order valence-electron chi connectivity index (χ3n) is 3.54. The lowest BCUT2D eigenvalue weighted by atomic mass is 10.1. The van der Waals surface area contributed by atoms with Gasteiger partial charge in [0, 0.05) is 6.54 Å². The maximum Gasteiger partial charge on any atom is 0.322 e. The highest BCUT2D eigenvalue weighted by molar-refractivity contribution is 5.94. The fraction of sp³-hybridized carbons (Fsp3) is 0.600. The Morgan fingerprint density at radius 1 is 0.900 bits per heavy atom. The van der Waals surface area contributed by atoms with Gasteiger partial charge in [-0.15, -0.1) is 0 Å². The molecule has 170 valence electrons. The Balaban J connectivity index is 5.07. The molecule has 0 spiro atoms. The Morgan fingerprint density at radius 2 is 1.50 bits per heavy atom. The molecule has 0 radical (unpaired) electrons. The minimum atomic E-state index is -1.52. The highest BCUT2D eigenvalue weighted by atomic mass is 16.4. The number of nitrogens with zero attached hydrogens (tertiary/aromatic N) is 1. The number of nitrogens with one attached hydrogen (secondary N) is 3. The number of carboxylic acid groups (broad SMARTS) is 2. The van der Waals surface area contributed by atoms with E-state index in [1.165, 1.54) is 0 Å². The van der Waals surface area contributed by atoms with Gasteiger partial charge < -0.3 is 48.5 Å². The van der Waals surface area contributed by atoms with Crippen LogP contribution >= 0.6 is 0 Å². The van der Waals surface area contributed by atoms with Gasteiger partial charge in [-0.05, 0) is 12.8 Å². The molecule has 0 aliphatic rings. The number of guanidine groups is 1. The maximum atomic E-state index is 12.3. The average molecular weight is 433 g/mol. The maximum absolute atomic E-state index is 12.3. The van der Waals surface area contributed by atoms with Crippen LogP contribution in [0.15, 0.2) is 4.99 Å². The zero-order chi connectivity index (χ0) is 23.3. The Labute approximate surface area is 171 Å². The molecule has 3 unspecified atom stereocenters. The molecular formula is C15H27N7O8. The zero-order valence-electron chi connectivity index (χ0n) is 16.0. The van der Waals surface area contributed by atoms with Gasteiger partial charge in [-0.25, -0.2) is 0 Å². The third kappa shape index (κ3) is 11.4. The second kappa shape index (κ2) is 13.7. The zero-order valence-corrected chi connectivity index (χ0v) is 16.0. The Bertz CT molecular complexity index is 665. The highest BCUT2D eigenvalue weighted by Gasteiger charge is 2.28. The van der Waals surface area contributed by atoms with Gasteiger partial charge >= 0.3 is 11.9 Å². The lowest BCUT2D eigenvalue weighted by Crippen LogP contribution is -2.57. The van der Waals surface area contributed by atoms with Crippen LogP contribution in [-0.2, 0) is 24.0 Å². The number of carbonyl (C=O) groups excluding carboxylic acids is 3. The van der Waals surface area contributed by atoms with Crippen molar-refractivity contribution < 1.29 is 39.3 Å². The standard InChI is InChI=1S/C15H27N7O8/c16-7(4-10(24)25)12(28)22-9(6-23)14(30)21-8(2-1-3-19-15(17)18)13(29)20-5-11(26)27/h7-9,23H,1-6,16H2,(H,20,29)(H,21,30)(H,22,28)(H,24,25)(H,26,27)(H4,17,18,19). The minimum absolute atomic E-state index is 0.0125. The molecule has 0 fully saturated rings. The van der Waals surface area contributed by atoms with Gasteiger partial charge in [-0.2, -0.15) is 0 Å². The van der Waals surface area contributed by atoms with E-state index in [9.17, 15) is 29.1 Å². The van der Waals surface area contributed by atoms with Gasteiger partial charge in [0.15, 0.2) is 5.96 Å². The van der Waals surface area contributed by atoms with E-state index in [-0.39, 0.29) is 25.3 Å². The average Bonchev–Trinajstić information content (AvgIpc) is 2.65. The number of carboxylic acids is 2. The second-order valence-electron chi connectivity index (χ2n) is 6.07. The summed E-state index contributed by atoms with van der Waals surface area (Å²) in [6, 6.07) is -4.20. The number of aliphatic hydroxyl groups excluding tert-OH is 1. The van der Waals surface area contributed by atoms with Gasteiger partial charge in [0.1, 0.15) is 18.6 Å². The molecule has 0 heterocycles. The Kier molecular flexibility index (Phi) is 12.1. The van der Waals surface area contributed by atoms with Crippen molar-refractivity contribution in [2.75, 3.05) is 19.7 Å². The first-order chi connectivity index (χ1) is 14.0. The number of rotatable bonds is 14. The van der Waals surface area contributed by atoms with Crippen molar-refractivity contribution in [3.63, 3.8) is 0 Å². The summed E-state index contributed by atoms with van der Waals surface area (Å²) in [5, 5.41) is 33.1. The predicted molar refractivity (Wildman–Crippen MR) is 102 cm³/mol. The molecule has 30 heavy (non-hydrogen) atoms. The van der Waals surface area contributed by atoms with Gasteiger partial charge in [0.05, 0.1) is 19.1 Å². The van der Waals surface area contributed by atoms with Crippen LogP contribution < -0.4 is 33.2 Å². The lowest BCUT2D eigenvalue weighted by molar-refractivity contribution is -0.140. The molecule has 3 amide bonds. The minimum Gasteiger partial charge on any atom is -0.481 e. The molecule has 0 aromatic heterocycles. The van der Waals surface area contributed by atoms with Crippen LogP contribution in [0.3, 0.4) is 0 Å². The van der Waals surface area contributed by atoms with Gasteiger partial charge in [0.25, 0.3) is 0 Å². The molecule has 12 N–H and O–H groups in total. The summed E-state index contributed by atoms with van der Waals surface area (Å²) < 4.78 is 0. The molecule has 0 saturated carbocycles. The van der Waals surface area contributed by atoms with Crippen LogP contribution in [0.25, 0.3) is 0 Å². The van der Waals surface area contributed by atoms with E-state index in [1.54, 1.807) is 0 Å². The van der Waals surface area contributed by atoms with Crippen LogP contribution in [0, 0.1) is 0 Å². The van der Waals surface area contributed by atoms with Crippen molar-refractivity contribution in [1.82, 2.24) is 16.0 Å². The molecule has 0 rings (SSSR count). The molecule has 15 nitrogen and oxygen atoms in total. The van der Waals surface area contributed by atoms with Gasteiger partial charge in [-0.1, -0.05) is 0 Å². The molecule has 15 heteroatoms. The number of hydrogen-bond donors (Lipinski definition) is 9. The molecule has 0 aliphatic carbocycles. The van der Waals surface area contributed by atoms with Gasteiger partial charge in [0.2, 0.25) is 17.7 Å². The van der Waals surface area contributed by atoms with E-state index in [0.717, 1.165) is 0 Å². The number of carbonyl (C=O) groups is 5. The topological polar surface area (TPSA) is 273 Å². The van der Waals surface area contributed by atoms with Crippen molar-refractivity contribution in [2.45, 2.75) is 37.4 Å². The van der Waals surface area contributed by atoms with E-state index in [0.29, 0.717) is 0 Å². The van der Waals surface area contributed by atoms with Crippen LogP contribution in [0.1, 0.15) is 19.3 Å². The molecular weight excluding hydrogens is 406 g/mol. The summed E-state index contributed by atoms with van der Waals surface area (Å²) in [6.07, 6.45) is -0.446. The van der Waals surface area contributed by atoms with Crippen molar-refractivity contribution in [1.29, 1.82) is 0 Å². The first kappa shape index (κ1) is 26.5. The Morgan fingerprint density at radius 3 is 2.00 bits per heavy atom. The number of nitrogens with two attached hydrogens (primary N) is 3. The number of aliphatic imine (C=N–C) groups is 1. The van der Waals surface area contributed by atoms with E-state index in [2.05, 4.69) is 20.9 Å². The first-order valence-corrected chi connectivity index (χ1v) is 8.71. The van der Waals surface area contributed by atoms with E-state index >= 15 is 0 Å². The lowest BCUT2D eigenvalue weighted by Gasteiger charge is -2.22. The van der Waals surface area contributed by atoms with Crippen molar-refractivity contribution >= 4 is 35.6 Å². The molecule has 0 saturated heterocycles. The smallest absolute Gasteiger partial charge is 0.322 e. The second-order valence-corrected chi connectivity index (χ2v) is 6.07. The third-order valence-corrected chi connectivity index (χ3v) is 3.54. The fourth-order valence-corrected chi connectivity index (χ4v) is 2.08. The summed E-state index contributed by atoms with van der Waals surface area (Å²) in [7, 11) is 0. The van der Waals surface area contributed by atoms with Crippen LogP contribution in [0.4, 0.5) is 0 Å².